The zero-order valence-corrected chi connectivity index (χ0v) is 14.5. The maximum atomic E-state index is 5.42. The Morgan fingerprint density at radius 3 is 2.78 bits per heavy atom. The first-order valence-corrected chi connectivity index (χ1v) is 8.36. The minimum absolute atomic E-state index is 0.707. The minimum Gasteiger partial charge on any atom is -0.496 e. The van der Waals surface area contributed by atoms with Crippen LogP contribution in [-0.2, 0) is 11.3 Å². The fourth-order valence-electron chi connectivity index (χ4n) is 2.93. The van der Waals surface area contributed by atoms with Crippen LogP contribution in [0.25, 0.3) is 0 Å². The molecule has 1 heterocycles. The van der Waals surface area contributed by atoms with E-state index < -0.39 is 0 Å². The second-order valence-corrected chi connectivity index (χ2v) is 5.98. The van der Waals surface area contributed by atoms with Crippen molar-refractivity contribution in [3.63, 3.8) is 0 Å². The predicted molar refractivity (Wildman–Crippen MR) is 94.0 cm³/mol. The van der Waals surface area contributed by atoms with Gasteiger partial charge in [0.05, 0.1) is 7.11 Å². The molecule has 0 radical (unpaired) electrons. The highest BCUT2D eigenvalue weighted by Gasteiger charge is 2.15. The molecule has 0 atom stereocenters. The number of nitrogens with one attached hydrogen (secondary N) is 1. The van der Waals surface area contributed by atoms with Gasteiger partial charge in [0.25, 0.3) is 0 Å². The zero-order valence-electron chi connectivity index (χ0n) is 14.5. The molecule has 0 amide bonds. The molecule has 1 saturated heterocycles. The van der Waals surface area contributed by atoms with E-state index in [1.807, 2.05) is 25.2 Å². The fourth-order valence-corrected chi connectivity index (χ4v) is 2.93. The van der Waals surface area contributed by atoms with Gasteiger partial charge in [0.2, 0.25) is 0 Å². The molecule has 0 unspecified atom stereocenters. The fraction of sp³-hybridized carbons (Fsp3) is 0.611. The van der Waals surface area contributed by atoms with Crippen LogP contribution in [0.3, 0.4) is 0 Å². The van der Waals surface area contributed by atoms with E-state index in [0.717, 1.165) is 42.9 Å². The van der Waals surface area contributed by atoms with E-state index >= 15 is 0 Å². The highest BCUT2D eigenvalue weighted by molar-refractivity contribution is 5.79. The zero-order chi connectivity index (χ0) is 16.5. The number of nitrogens with zero attached hydrogens (tertiary/aromatic N) is 2. The van der Waals surface area contributed by atoms with E-state index in [2.05, 4.69) is 28.3 Å². The number of para-hydroxylation sites is 1. The summed E-state index contributed by atoms with van der Waals surface area (Å²) in [5.74, 6) is 2.60. The third-order valence-corrected chi connectivity index (χ3v) is 4.42. The van der Waals surface area contributed by atoms with Crippen LogP contribution in [0.5, 0.6) is 5.75 Å². The molecule has 0 aliphatic carbocycles. The Hall–Kier alpha value is -1.75. The summed E-state index contributed by atoms with van der Waals surface area (Å²) in [6.07, 6.45) is 3.55. The predicted octanol–water partition coefficient (Wildman–Crippen LogP) is 2.52. The largest absolute Gasteiger partial charge is 0.496 e. The van der Waals surface area contributed by atoms with Gasteiger partial charge >= 0.3 is 0 Å². The normalized spacial score (nSPS) is 16.2. The van der Waals surface area contributed by atoms with Crippen LogP contribution in [0, 0.1) is 5.92 Å². The van der Waals surface area contributed by atoms with Gasteiger partial charge < -0.3 is 19.7 Å². The maximum absolute atomic E-state index is 5.42. The highest BCUT2D eigenvalue weighted by atomic mass is 16.5. The summed E-state index contributed by atoms with van der Waals surface area (Å²) in [6.45, 7) is 3.54. The smallest absolute Gasteiger partial charge is 0.193 e. The Morgan fingerprint density at radius 2 is 2.09 bits per heavy atom. The molecule has 1 N–H and O–H groups in total. The molecule has 23 heavy (non-hydrogen) atoms. The molecule has 5 nitrogen and oxygen atoms in total. The summed E-state index contributed by atoms with van der Waals surface area (Å²) < 4.78 is 10.8. The second-order valence-electron chi connectivity index (χ2n) is 5.98. The van der Waals surface area contributed by atoms with Crippen molar-refractivity contribution in [1.29, 1.82) is 0 Å². The monoisotopic (exact) mass is 319 g/mol. The van der Waals surface area contributed by atoms with Crippen molar-refractivity contribution in [2.45, 2.75) is 25.8 Å². The van der Waals surface area contributed by atoms with Crippen LogP contribution in [0.2, 0.25) is 0 Å². The number of methoxy groups -OCH3 is 1. The molecule has 1 aliphatic heterocycles. The topological polar surface area (TPSA) is 46.1 Å². The van der Waals surface area contributed by atoms with Crippen LogP contribution in [0.4, 0.5) is 0 Å². The number of rotatable bonds is 6. The van der Waals surface area contributed by atoms with E-state index in [1.54, 1.807) is 7.11 Å². The molecule has 0 saturated carbocycles. The summed E-state index contributed by atoms with van der Waals surface area (Å²) in [5.41, 5.74) is 1.13. The van der Waals surface area contributed by atoms with Crippen molar-refractivity contribution >= 4 is 5.96 Å². The summed E-state index contributed by atoms with van der Waals surface area (Å²) >= 11 is 0. The van der Waals surface area contributed by atoms with Crippen molar-refractivity contribution in [3.05, 3.63) is 29.8 Å². The average Bonchev–Trinajstić information content (AvgIpc) is 2.61. The van der Waals surface area contributed by atoms with Crippen molar-refractivity contribution in [2.24, 2.45) is 10.9 Å². The lowest BCUT2D eigenvalue weighted by Crippen LogP contribution is -2.39. The Labute approximate surface area is 139 Å². The average molecular weight is 319 g/mol. The van der Waals surface area contributed by atoms with Crippen LogP contribution in [0.1, 0.15) is 24.8 Å². The lowest BCUT2D eigenvalue weighted by atomic mass is 9.96. The number of hydrogen-bond donors (Lipinski definition) is 1. The quantitative estimate of drug-likeness (QED) is 0.646. The second kappa shape index (κ2) is 9.40. The van der Waals surface area contributed by atoms with Gasteiger partial charge in [0.15, 0.2) is 5.96 Å². The van der Waals surface area contributed by atoms with Gasteiger partial charge in [0.1, 0.15) is 5.75 Å². The Kier molecular flexibility index (Phi) is 7.20. The molecule has 1 aliphatic rings. The first kappa shape index (κ1) is 17.6. The Bertz CT molecular complexity index is 499. The molecule has 1 aromatic carbocycles. The lowest BCUT2D eigenvalue weighted by Gasteiger charge is -2.27. The van der Waals surface area contributed by atoms with Crippen LogP contribution >= 0.6 is 0 Å². The number of aliphatic imine (C=N–C) groups is 1. The van der Waals surface area contributed by atoms with Gasteiger partial charge in [-0.15, -0.1) is 0 Å². The molecule has 0 spiro atoms. The molecule has 5 heteroatoms. The maximum Gasteiger partial charge on any atom is 0.193 e. The van der Waals surface area contributed by atoms with Crippen LogP contribution in [0.15, 0.2) is 29.3 Å². The number of benzene rings is 1. The van der Waals surface area contributed by atoms with E-state index in [1.165, 1.54) is 19.3 Å². The molecule has 1 fully saturated rings. The van der Waals surface area contributed by atoms with Crippen LogP contribution < -0.4 is 10.1 Å². The molecule has 0 bridgehead atoms. The Balaban J connectivity index is 1.81. The van der Waals surface area contributed by atoms with Crippen molar-refractivity contribution in [1.82, 2.24) is 10.2 Å². The van der Waals surface area contributed by atoms with Gasteiger partial charge in [0, 0.05) is 46.0 Å². The van der Waals surface area contributed by atoms with Gasteiger partial charge in [-0.3, -0.25) is 4.99 Å². The molecular formula is C18H29N3O2. The van der Waals surface area contributed by atoms with Crippen molar-refractivity contribution < 1.29 is 9.47 Å². The highest BCUT2D eigenvalue weighted by Crippen LogP contribution is 2.19. The van der Waals surface area contributed by atoms with Gasteiger partial charge in [-0.2, -0.15) is 0 Å². The van der Waals surface area contributed by atoms with Gasteiger partial charge in [-0.1, -0.05) is 18.2 Å². The van der Waals surface area contributed by atoms with Crippen LogP contribution in [-0.4, -0.2) is 51.8 Å². The number of hydrogen-bond acceptors (Lipinski definition) is 3. The summed E-state index contributed by atoms with van der Waals surface area (Å²) in [6, 6.07) is 8.06. The minimum atomic E-state index is 0.707. The summed E-state index contributed by atoms with van der Waals surface area (Å²) in [7, 11) is 5.63. The summed E-state index contributed by atoms with van der Waals surface area (Å²) in [5, 5.41) is 3.42. The van der Waals surface area contributed by atoms with E-state index in [4.69, 9.17) is 9.47 Å². The third kappa shape index (κ3) is 5.43. The first-order chi connectivity index (χ1) is 11.2. The van der Waals surface area contributed by atoms with Crippen molar-refractivity contribution in [2.75, 3.05) is 41.0 Å². The first-order valence-electron chi connectivity index (χ1n) is 8.36. The number of ether oxygens (including phenoxy) is 2. The Morgan fingerprint density at radius 1 is 1.35 bits per heavy atom. The third-order valence-electron chi connectivity index (χ3n) is 4.42. The SMILES string of the molecule is CN=C(NCc1ccccc1OC)N(C)CCC1CCOCC1. The molecular weight excluding hydrogens is 290 g/mol. The van der Waals surface area contributed by atoms with E-state index in [-0.39, 0.29) is 0 Å². The number of guanidine groups is 1. The standard InChI is InChI=1S/C18H29N3O2/c1-19-18(20-14-16-6-4-5-7-17(16)22-3)21(2)11-8-15-9-12-23-13-10-15/h4-7,15H,8-14H2,1-3H3,(H,19,20). The van der Waals surface area contributed by atoms with Gasteiger partial charge in [-0.25, -0.2) is 0 Å². The van der Waals surface area contributed by atoms with E-state index in [9.17, 15) is 0 Å². The van der Waals surface area contributed by atoms with Crippen molar-refractivity contribution in [3.8, 4) is 5.75 Å². The summed E-state index contributed by atoms with van der Waals surface area (Å²) in [4.78, 5) is 6.59. The molecule has 128 valence electrons. The van der Waals surface area contributed by atoms with E-state index in [0.29, 0.717) is 6.54 Å². The molecule has 0 aromatic heterocycles. The molecule has 1 aromatic rings. The van der Waals surface area contributed by atoms with Gasteiger partial charge in [-0.05, 0) is 31.2 Å². The lowest BCUT2D eigenvalue weighted by molar-refractivity contribution is 0.0625. The molecule has 2 rings (SSSR count).